The summed E-state index contributed by atoms with van der Waals surface area (Å²) in [6.45, 7) is -0.134. The van der Waals surface area contributed by atoms with Crippen molar-refractivity contribution >= 4 is 11.0 Å². The maximum absolute atomic E-state index is 8.75. The molecule has 0 spiro atoms. The Morgan fingerprint density at radius 2 is 2.17 bits per heavy atom. The van der Waals surface area contributed by atoms with E-state index in [1.807, 2.05) is 6.07 Å². The third-order valence-corrected chi connectivity index (χ3v) is 1.54. The average Bonchev–Trinajstić information content (AvgIpc) is 2.17. The molecule has 0 aliphatic rings. The van der Waals surface area contributed by atoms with Gasteiger partial charge in [-0.15, -0.1) is 0 Å². The molecule has 0 bridgehead atoms. The van der Waals surface area contributed by atoms with E-state index in [4.69, 9.17) is 5.11 Å². The van der Waals surface area contributed by atoms with Crippen LogP contribution in [0.2, 0.25) is 0 Å². The second-order valence-corrected chi connectivity index (χ2v) is 2.35. The third-order valence-electron chi connectivity index (χ3n) is 1.54. The molecule has 0 aliphatic carbocycles. The monoisotopic (exact) mass is 161 g/mol. The van der Waals surface area contributed by atoms with Crippen LogP contribution in [0, 0.1) is 0 Å². The third kappa shape index (κ3) is 1.12. The highest BCUT2D eigenvalue weighted by molar-refractivity contribution is 5.72. The highest BCUT2D eigenvalue weighted by Gasteiger charge is 1.97. The van der Waals surface area contributed by atoms with Gasteiger partial charge in [0.15, 0.2) is 5.82 Å². The molecule has 0 saturated heterocycles. The molecule has 0 saturated carbocycles. The Labute approximate surface area is 68.9 Å². The first-order chi connectivity index (χ1) is 5.90. The summed E-state index contributed by atoms with van der Waals surface area (Å²) in [7, 11) is 0. The Balaban J connectivity index is 2.67. The van der Waals surface area contributed by atoms with E-state index in [0.717, 1.165) is 11.0 Å². The molecule has 0 radical (unpaired) electrons. The standard InChI is InChI=1S/C8H7N3O/c12-5-8-10-4-7-6(11-8)2-1-3-9-7/h1-4,12H,5H2. The zero-order valence-corrected chi connectivity index (χ0v) is 6.31. The summed E-state index contributed by atoms with van der Waals surface area (Å²) >= 11 is 0. The number of aliphatic hydroxyl groups excluding tert-OH is 1. The van der Waals surface area contributed by atoms with E-state index in [-0.39, 0.29) is 6.61 Å². The zero-order valence-electron chi connectivity index (χ0n) is 6.31. The van der Waals surface area contributed by atoms with Crippen molar-refractivity contribution in [2.75, 3.05) is 0 Å². The Bertz CT molecular complexity index is 402. The minimum absolute atomic E-state index is 0.134. The summed E-state index contributed by atoms with van der Waals surface area (Å²) in [6, 6.07) is 3.64. The quantitative estimate of drug-likeness (QED) is 0.662. The SMILES string of the molecule is OCc1ncc2ncccc2n1. The maximum Gasteiger partial charge on any atom is 0.154 e. The first kappa shape index (κ1) is 7.12. The lowest BCUT2D eigenvalue weighted by molar-refractivity contribution is 0.272. The largest absolute Gasteiger partial charge is 0.388 e. The molecule has 60 valence electrons. The summed E-state index contributed by atoms with van der Waals surface area (Å²) in [5.41, 5.74) is 1.51. The van der Waals surface area contributed by atoms with Gasteiger partial charge >= 0.3 is 0 Å². The van der Waals surface area contributed by atoms with Gasteiger partial charge < -0.3 is 5.11 Å². The van der Waals surface area contributed by atoms with Crippen molar-refractivity contribution in [3.8, 4) is 0 Å². The fourth-order valence-corrected chi connectivity index (χ4v) is 0.983. The van der Waals surface area contributed by atoms with Crippen molar-refractivity contribution in [3.63, 3.8) is 0 Å². The van der Waals surface area contributed by atoms with Crippen LogP contribution in [-0.4, -0.2) is 20.1 Å². The Morgan fingerprint density at radius 3 is 3.00 bits per heavy atom. The molecule has 0 amide bonds. The normalized spacial score (nSPS) is 10.4. The van der Waals surface area contributed by atoms with Crippen molar-refractivity contribution in [2.24, 2.45) is 0 Å². The molecule has 0 unspecified atom stereocenters. The minimum Gasteiger partial charge on any atom is -0.388 e. The van der Waals surface area contributed by atoms with Gasteiger partial charge in [-0.2, -0.15) is 0 Å². The van der Waals surface area contributed by atoms with Crippen LogP contribution in [0.25, 0.3) is 11.0 Å². The molecule has 12 heavy (non-hydrogen) atoms. The number of fused-ring (bicyclic) bond motifs is 1. The molecular weight excluding hydrogens is 154 g/mol. The lowest BCUT2D eigenvalue weighted by atomic mass is 10.4. The van der Waals surface area contributed by atoms with Gasteiger partial charge in [-0.25, -0.2) is 9.97 Å². The van der Waals surface area contributed by atoms with Crippen LogP contribution in [0.15, 0.2) is 24.5 Å². The van der Waals surface area contributed by atoms with Gasteiger partial charge in [0.2, 0.25) is 0 Å². The van der Waals surface area contributed by atoms with E-state index in [1.54, 1.807) is 18.5 Å². The molecule has 4 heteroatoms. The lowest BCUT2D eigenvalue weighted by Crippen LogP contribution is -1.94. The summed E-state index contributed by atoms with van der Waals surface area (Å²) in [5, 5.41) is 8.75. The molecule has 0 aromatic carbocycles. The van der Waals surface area contributed by atoms with Crippen molar-refractivity contribution in [3.05, 3.63) is 30.4 Å². The first-order valence-electron chi connectivity index (χ1n) is 3.57. The van der Waals surface area contributed by atoms with Gasteiger partial charge in [0.05, 0.1) is 11.7 Å². The van der Waals surface area contributed by atoms with Crippen LogP contribution in [0.1, 0.15) is 5.82 Å². The molecule has 2 rings (SSSR count). The van der Waals surface area contributed by atoms with Crippen LogP contribution in [0.4, 0.5) is 0 Å². The molecule has 2 heterocycles. The minimum atomic E-state index is -0.134. The van der Waals surface area contributed by atoms with Crippen molar-refractivity contribution in [1.82, 2.24) is 15.0 Å². The van der Waals surface area contributed by atoms with Crippen LogP contribution >= 0.6 is 0 Å². The predicted molar refractivity (Wildman–Crippen MR) is 43.3 cm³/mol. The van der Waals surface area contributed by atoms with E-state index >= 15 is 0 Å². The molecule has 0 atom stereocenters. The molecule has 2 aromatic heterocycles. The van der Waals surface area contributed by atoms with Crippen molar-refractivity contribution < 1.29 is 5.11 Å². The van der Waals surface area contributed by atoms with Crippen molar-refractivity contribution in [2.45, 2.75) is 6.61 Å². The number of aliphatic hydroxyl groups is 1. The molecule has 0 fully saturated rings. The van der Waals surface area contributed by atoms with Gasteiger partial charge in [-0.3, -0.25) is 4.98 Å². The number of pyridine rings is 1. The Hall–Kier alpha value is -1.55. The van der Waals surface area contributed by atoms with E-state index in [9.17, 15) is 0 Å². The van der Waals surface area contributed by atoms with Gasteiger partial charge in [0, 0.05) is 6.20 Å². The molecule has 1 N–H and O–H groups in total. The van der Waals surface area contributed by atoms with Gasteiger partial charge in [-0.05, 0) is 12.1 Å². The smallest absolute Gasteiger partial charge is 0.154 e. The maximum atomic E-state index is 8.75. The molecule has 4 nitrogen and oxygen atoms in total. The molecular formula is C8H7N3O. The van der Waals surface area contributed by atoms with E-state index in [1.165, 1.54) is 0 Å². The Morgan fingerprint density at radius 1 is 1.25 bits per heavy atom. The van der Waals surface area contributed by atoms with Crippen LogP contribution in [0.3, 0.4) is 0 Å². The summed E-state index contributed by atoms with van der Waals surface area (Å²) in [5.74, 6) is 0.426. The van der Waals surface area contributed by atoms with E-state index in [0.29, 0.717) is 5.82 Å². The van der Waals surface area contributed by atoms with E-state index < -0.39 is 0 Å². The van der Waals surface area contributed by atoms with E-state index in [2.05, 4.69) is 15.0 Å². The van der Waals surface area contributed by atoms with Gasteiger partial charge in [0.1, 0.15) is 12.1 Å². The highest BCUT2D eigenvalue weighted by atomic mass is 16.3. The number of rotatable bonds is 1. The van der Waals surface area contributed by atoms with Crippen LogP contribution in [0.5, 0.6) is 0 Å². The van der Waals surface area contributed by atoms with Gasteiger partial charge in [-0.1, -0.05) is 0 Å². The van der Waals surface area contributed by atoms with Gasteiger partial charge in [0.25, 0.3) is 0 Å². The average molecular weight is 161 g/mol. The summed E-state index contributed by atoms with van der Waals surface area (Å²) < 4.78 is 0. The molecule has 0 aliphatic heterocycles. The van der Waals surface area contributed by atoms with Crippen LogP contribution in [-0.2, 0) is 6.61 Å². The number of aromatic nitrogens is 3. The fourth-order valence-electron chi connectivity index (χ4n) is 0.983. The highest BCUT2D eigenvalue weighted by Crippen LogP contribution is 2.05. The summed E-state index contributed by atoms with van der Waals surface area (Å²) in [4.78, 5) is 12.0. The predicted octanol–water partition coefficient (Wildman–Crippen LogP) is 0.517. The number of hydrogen-bond donors (Lipinski definition) is 1. The summed E-state index contributed by atoms with van der Waals surface area (Å²) in [6.07, 6.45) is 3.29. The first-order valence-corrected chi connectivity index (χ1v) is 3.57. The zero-order chi connectivity index (χ0) is 8.39. The molecule has 2 aromatic rings. The topological polar surface area (TPSA) is 58.9 Å². The van der Waals surface area contributed by atoms with Crippen molar-refractivity contribution in [1.29, 1.82) is 0 Å². The van der Waals surface area contributed by atoms with Crippen LogP contribution < -0.4 is 0 Å². The second kappa shape index (κ2) is 2.83. The number of nitrogens with zero attached hydrogens (tertiary/aromatic N) is 3. The second-order valence-electron chi connectivity index (χ2n) is 2.35. The fraction of sp³-hybridized carbons (Fsp3) is 0.125. The Kier molecular flexibility index (Phi) is 1.68. The number of hydrogen-bond acceptors (Lipinski definition) is 4. The lowest BCUT2D eigenvalue weighted by Gasteiger charge is -1.96.